The van der Waals surface area contributed by atoms with Gasteiger partial charge in [0.2, 0.25) is 17.7 Å². The minimum Gasteiger partial charge on any atom is -0.379 e. The van der Waals surface area contributed by atoms with Gasteiger partial charge in [-0.15, -0.1) is 0 Å². The summed E-state index contributed by atoms with van der Waals surface area (Å²) >= 11 is 1.78. The van der Waals surface area contributed by atoms with Gasteiger partial charge in [-0.1, -0.05) is 63.5 Å². The van der Waals surface area contributed by atoms with Gasteiger partial charge < -0.3 is 47.1 Å². The first-order valence-electron chi connectivity index (χ1n) is 25.5. The van der Waals surface area contributed by atoms with E-state index in [4.69, 9.17) is 15.2 Å². The van der Waals surface area contributed by atoms with Crippen LogP contribution in [0.15, 0.2) is 23.8 Å². The Morgan fingerprint density at radius 3 is 2.11 bits per heavy atom. The Kier molecular flexibility index (Phi) is 33.1. The third-order valence-electron chi connectivity index (χ3n) is 12.3. The van der Waals surface area contributed by atoms with Crippen LogP contribution in [0.1, 0.15) is 135 Å². The fourth-order valence-electron chi connectivity index (χ4n) is 8.42. The van der Waals surface area contributed by atoms with Crippen molar-refractivity contribution in [2.75, 3.05) is 103 Å². The highest BCUT2D eigenvalue weighted by molar-refractivity contribution is 7.99. The summed E-state index contributed by atoms with van der Waals surface area (Å²) in [4.78, 5) is 64.8. The molecule has 16 heteroatoms. The minimum absolute atomic E-state index is 0.00913. The molecule has 15 nitrogen and oxygen atoms in total. The lowest BCUT2D eigenvalue weighted by molar-refractivity contribution is -0.138. The molecule has 0 aromatic rings. The van der Waals surface area contributed by atoms with Gasteiger partial charge in [-0.25, -0.2) is 0 Å². The number of hydrogen-bond donors (Lipinski definition) is 7. The fourth-order valence-corrected chi connectivity index (χ4v) is 9.36. The van der Waals surface area contributed by atoms with Gasteiger partial charge in [0.25, 0.3) is 11.8 Å². The first-order chi connectivity index (χ1) is 31.9. The van der Waals surface area contributed by atoms with E-state index in [0.29, 0.717) is 77.4 Å². The van der Waals surface area contributed by atoms with Gasteiger partial charge in [0.15, 0.2) is 0 Å². The lowest BCUT2D eigenvalue weighted by Crippen LogP contribution is -2.41. The zero-order valence-corrected chi connectivity index (χ0v) is 40.7. The maximum absolute atomic E-state index is 13.2. The molecule has 8 N–H and O–H groups in total. The molecule has 1 atom stereocenters. The van der Waals surface area contributed by atoms with Crippen LogP contribution in [0.5, 0.6) is 0 Å². The number of amides is 5. The molecule has 0 aromatic heterocycles. The highest BCUT2D eigenvalue weighted by atomic mass is 32.2. The van der Waals surface area contributed by atoms with Gasteiger partial charge in [-0.05, 0) is 95.4 Å². The Labute approximate surface area is 395 Å². The molecule has 1 aliphatic heterocycles. The number of thioether (sulfide) groups is 1. The van der Waals surface area contributed by atoms with Crippen molar-refractivity contribution in [3.8, 4) is 0 Å². The highest BCUT2D eigenvalue weighted by Gasteiger charge is 2.34. The number of nitrogens with zero attached hydrogens (tertiary/aromatic N) is 1. The molecule has 1 fully saturated rings. The first-order valence-corrected chi connectivity index (χ1v) is 26.6. The molecule has 0 aromatic carbocycles. The van der Waals surface area contributed by atoms with Crippen LogP contribution >= 0.6 is 11.8 Å². The van der Waals surface area contributed by atoms with Crippen molar-refractivity contribution in [3.05, 3.63) is 23.8 Å². The van der Waals surface area contributed by atoms with Crippen LogP contribution in [0.4, 0.5) is 0 Å². The number of carbonyl (C=O) groups is 5. The number of rotatable bonds is 35. The molecule has 1 heterocycles. The molecule has 372 valence electrons. The zero-order valence-electron chi connectivity index (χ0n) is 39.9. The summed E-state index contributed by atoms with van der Waals surface area (Å²) in [5.41, 5.74) is 6.07. The van der Waals surface area contributed by atoms with E-state index in [1.807, 2.05) is 0 Å². The summed E-state index contributed by atoms with van der Waals surface area (Å²) in [6.07, 6.45) is 26.7. The van der Waals surface area contributed by atoms with Crippen molar-refractivity contribution in [2.45, 2.75) is 141 Å². The summed E-state index contributed by atoms with van der Waals surface area (Å²) in [5, 5.41) is 19.1. The van der Waals surface area contributed by atoms with E-state index in [0.717, 1.165) is 128 Å². The SMILES string of the molecule is NCCNCCCNCCNCCNC(=O)CCOCCOCCNC(=O)CCSCCCCCCC1=CC(=O)N(CC2CCC(C(=O)NC3/C=C\CCCCCCCCC3)CC2)C1=O. The second kappa shape index (κ2) is 38.1. The maximum Gasteiger partial charge on any atom is 0.256 e. The third-order valence-corrected chi connectivity index (χ3v) is 13.4. The summed E-state index contributed by atoms with van der Waals surface area (Å²) in [7, 11) is 0. The molecular formula is C49H88N8O7S. The second-order valence-electron chi connectivity index (χ2n) is 17.8. The van der Waals surface area contributed by atoms with Crippen LogP contribution in [0.3, 0.4) is 0 Å². The summed E-state index contributed by atoms with van der Waals surface area (Å²) in [5.74, 6) is 1.83. The normalized spacial score (nSPS) is 20.2. The van der Waals surface area contributed by atoms with Crippen molar-refractivity contribution in [1.82, 2.24) is 36.8 Å². The Morgan fingerprint density at radius 1 is 0.662 bits per heavy atom. The van der Waals surface area contributed by atoms with Crippen molar-refractivity contribution in [2.24, 2.45) is 17.6 Å². The van der Waals surface area contributed by atoms with Crippen molar-refractivity contribution in [1.29, 1.82) is 0 Å². The zero-order chi connectivity index (χ0) is 46.4. The number of nitrogens with one attached hydrogen (secondary N) is 6. The number of allylic oxidation sites excluding steroid dienone is 1. The van der Waals surface area contributed by atoms with Crippen LogP contribution in [-0.4, -0.2) is 144 Å². The van der Waals surface area contributed by atoms with Crippen LogP contribution in [0.2, 0.25) is 0 Å². The predicted octanol–water partition coefficient (Wildman–Crippen LogP) is 4.50. The van der Waals surface area contributed by atoms with Crippen LogP contribution in [0.25, 0.3) is 0 Å². The number of ether oxygens (including phenoxy) is 2. The molecule has 1 unspecified atom stereocenters. The molecule has 5 amide bonds. The van der Waals surface area contributed by atoms with Crippen molar-refractivity contribution < 1.29 is 33.4 Å². The van der Waals surface area contributed by atoms with E-state index in [2.05, 4.69) is 44.1 Å². The third kappa shape index (κ3) is 28.2. The number of carbonyl (C=O) groups excluding carboxylic acids is 5. The minimum atomic E-state index is -0.190. The topological polar surface area (TPSA) is 205 Å². The van der Waals surface area contributed by atoms with Gasteiger partial charge >= 0.3 is 0 Å². The van der Waals surface area contributed by atoms with Crippen LogP contribution in [0, 0.1) is 11.8 Å². The van der Waals surface area contributed by atoms with E-state index < -0.39 is 0 Å². The molecule has 0 radical (unpaired) electrons. The number of hydrogen-bond acceptors (Lipinski definition) is 12. The van der Waals surface area contributed by atoms with Gasteiger partial charge in [0.1, 0.15) is 0 Å². The van der Waals surface area contributed by atoms with E-state index in [1.165, 1.54) is 43.4 Å². The number of imide groups is 1. The van der Waals surface area contributed by atoms with Gasteiger partial charge in [-0.3, -0.25) is 28.9 Å². The van der Waals surface area contributed by atoms with Crippen molar-refractivity contribution in [3.63, 3.8) is 0 Å². The molecule has 2 aliphatic carbocycles. The van der Waals surface area contributed by atoms with Crippen LogP contribution in [-0.2, 0) is 33.4 Å². The van der Waals surface area contributed by atoms with E-state index >= 15 is 0 Å². The van der Waals surface area contributed by atoms with E-state index in [1.54, 1.807) is 17.8 Å². The summed E-state index contributed by atoms with van der Waals surface area (Å²) < 4.78 is 11.0. The molecule has 0 spiro atoms. The van der Waals surface area contributed by atoms with Crippen LogP contribution < -0.4 is 37.6 Å². The van der Waals surface area contributed by atoms with Gasteiger partial charge in [0, 0.05) is 94.6 Å². The molecule has 3 rings (SSSR count). The molecule has 65 heavy (non-hydrogen) atoms. The quantitative estimate of drug-likeness (QED) is 0.0267. The molecule has 0 saturated heterocycles. The molecule has 1 saturated carbocycles. The first kappa shape index (κ1) is 56.5. The number of nitrogens with two attached hydrogens (primary N) is 1. The Balaban J connectivity index is 1.07. The van der Waals surface area contributed by atoms with E-state index in [9.17, 15) is 24.0 Å². The smallest absolute Gasteiger partial charge is 0.256 e. The molecule has 0 bridgehead atoms. The van der Waals surface area contributed by atoms with Gasteiger partial charge in [0.05, 0.1) is 26.4 Å². The lowest BCUT2D eigenvalue weighted by atomic mass is 9.81. The number of unbranched alkanes of at least 4 members (excludes halogenated alkanes) is 3. The molecule has 3 aliphatic rings. The average Bonchev–Trinajstić information content (AvgIpc) is 3.56. The molecular weight excluding hydrogens is 845 g/mol. The van der Waals surface area contributed by atoms with Crippen molar-refractivity contribution >= 4 is 41.3 Å². The van der Waals surface area contributed by atoms with E-state index in [-0.39, 0.29) is 47.4 Å². The fraction of sp³-hybridized carbons (Fsp3) is 0.816. The second-order valence-corrected chi connectivity index (χ2v) is 19.1. The summed E-state index contributed by atoms with van der Waals surface area (Å²) in [6, 6.07) is 0.119. The Bertz CT molecular complexity index is 1380. The average molecular weight is 933 g/mol. The highest BCUT2D eigenvalue weighted by Crippen LogP contribution is 2.31. The standard InChI is InChI=1S/C49H88N8O7S/c50-24-27-51-25-14-26-52-28-29-53-30-31-54-45(58)22-33-63-35-36-64-34-32-55-46(59)23-38-65-37-13-9-8-10-15-43-39-47(60)57(49(43)62)40-41-18-20-42(21-19-41)48(61)56-44-16-11-6-4-2-1-3-5-7-12-17-44/h11,16,39,41-42,44,51-53H,1-10,12-15,17-38,40,50H2,(H,54,58)(H,55,59)(H,56,61)/b16-11-. The summed E-state index contributed by atoms with van der Waals surface area (Å²) in [6.45, 7) is 8.95. The Morgan fingerprint density at radius 2 is 1.32 bits per heavy atom. The monoisotopic (exact) mass is 933 g/mol. The lowest BCUT2D eigenvalue weighted by Gasteiger charge is -2.31. The van der Waals surface area contributed by atoms with Gasteiger partial charge in [-0.2, -0.15) is 11.8 Å². The predicted molar refractivity (Wildman–Crippen MR) is 262 cm³/mol. The largest absolute Gasteiger partial charge is 0.379 e. The Hall–Kier alpha value is -2.86. The maximum atomic E-state index is 13.2.